The Bertz CT molecular complexity index is 864. The van der Waals surface area contributed by atoms with Gasteiger partial charge in [0.2, 0.25) is 5.91 Å². The summed E-state index contributed by atoms with van der Waals surface area (Å²) >= 11 is 0. The van der Waals surface area contributed by atoms with Gasteiger partial charge in [0.05, 0.1) is 13.2 Å². The van der Waals surface area contributed by atoms with Gasteiger partial charge in [0, 0.05) is 44.4 Å². The number of urea groups is 1. The van der Waals surface area contributed by atoms with Crippen LogP contribution in [-0.4, -0.2) is 53.2 Å². The number of carbonyl (C=O) groups excluding carboxylic acids is 2. The molecule has 0 aromatic carbocycles. The Hall–Kier alpha value is -2.87. The van der Waals surface area contributed by atoms with Crippen molar-refractivity contribution in [2.45, 2.75) is 57.2 Å². The Morgan fingerprint density at radius 2 is 2.10 bits per heavy atom. The molecule has 1 unspecified atom stereocenters. The molecular weight excluding hydrogens is 396 g/mol. The van der Waals surface area contributed by atoms with E-state index in [0.717, 1.165) is 36.3 Å². The molecule has 2 heterocycles. The van der Waals surface area contributed by atoms with Crippen LogP contribution in [0.1, 0.15) is 44.1 Å². The minimum absolute atomic E-state index is 0.0559. The SMILES string of the molecule is COC1=CCC([C@@H]2CC(=O)N(C(=O)NCc3cccnc3)N2C)C=C1OC1CCCC1. The molecule has 2 atom stereocenters. The molecule has 1 aromatic heterocycles. The number of pyridine rings is 1. The summed E-state index contributed by atoms with van der Waals surface area (Å²) in [4.78, 5) is 29.5. The average Bonchev–Trinajstić information content (AvgIpc) is 3.40. The number of aromatic nitrogens is 1. The molecule has 1 N–H and O–H groups in total. The fraction of sp³-hybridized carbons (Fsp3) is 0.522. The molecule has 1 aromatic rings. The summed E-state index contributed by atoms with van der Waals surface area (Å²) in [5.41, 5.74) is 0.878. The van der Waals surface area contributed by atoms with Crippen LogP contribution in [0.5, 0.6) is 0 Å². The third-order valence-electron chi connectivity index (χ3n) is 6.27. The van der Waals surface area contributed by atoms with Gasteiger partial charge in [0.25, 0.3) is 0 Å². The van der Waals surface area contributed by atoms with Crippen molar-refractivity contribution in [2.24, 2.45) is 5.92 Å². The molecule has 1 saturated heterocycles. The first-order valence-corrected chi connectivity index (χ1v) is 10.9. The number of ether oxygens (including phenoxy) is 2. The zero-order chi connectivity index (χ0) is 21.8. The fourth-order valence-corrected chi connectivity index (χ4v) is 4.59. The quantitative estimate of drug-likeness (QED) is 0.752. The van der Waals surface area contributed by atoms with E-state index in [1.165, 1.54) is 17.9 Å². The Morgan fingerprint density at radius 1 is 1.29 bits per heavy atom. The third kappa shape index (κ3) is 4.74. The smallest absolute Gasteiger partial charge is 0.339 e. The van der Waals surface area contributed by atoms with Crippen molar-refractivity contribution in [3.8, 4) is 0 Å². The minimum atomic E-state index is -0.422. The summed E-state index contributed by atoms with van der Waals surface area (Å²) in [5, 5.41) is 5.77. The summed E-state index contributed by atoms with van der Waals surface area (Å²) in [6, 6.07) is 3.15. The van der Waals surface area contributed by atoms with Gasteiger partial charge in [-0.15, -0.1) is 0 Å². The number of methoxy groups -OCH3 is 1. The summed E-state index contributed by atoms with van der Waals surface area (Å²) < 4.78 is 11.7. The topological polar surface area (TPSA) is 84.0 Å². The summed E-state index contributed by atoms with van der Waals surface area (Å²) in [6.07, 6.45) is 13.2. The number of hydrogen-bond donors (Lipinski definition) is 1. The van der Waals surface area contributed by atoms with Crippen LogP contribution in [0.3, 0.4) is 0 Å². The molecule has 8 nitrogen and oxygen atoms in total. The Balaban J connectivity index is 1.42. The minimum Gasteiger partial charge on any atom is -0.493 e. The van der Waals surface area contributed by atoms with Crippen LogP contribution < -0.4 is 5.32 Å². The molecule has 1 saturated carbocycles. The van der Waals surface area contributed by atoms with Crippen LogP contribution in [0.2, 0.25) is 0 Å². The molecule has 0 radical (unpaired) electrons. The summed E-state index contributed by atoms with van der Waals surface area (Å²) in [6.45, 7) is 0.317. The van der Waals surface area contributed by atoms with Crippen LogP contribution in [0, 0.1) is 5.92 Å². The third-order valence-corrected chi connectivity index (χ3v) is 6.27. The standard InChI is InChI=1S/C23H30N4O4/c1-26-19(13-22(28)27(26)23(29)25-15-16-6-5-11-24-14-16)17-9-10-20(30-2)21(12-17)31-18-7-3-4-8-18/h5-6,10-12,14,17-19H,3-4,7-9,13,15H2,1-2H3,(H,25,29)/t17?,19-/m0/s1. The Labute approximate surface area is 182 Å². The van der Waals surface area contributed by atoms with E-state index in [1.54, 1.807) is 31.6 Å². The second kappa shape index (κ2) is 9.51. The van der Waals surface area contributed by atoms with Gasteiger partial charge < -0.3 is 14.8 Å². The van der Waals surface area contributed by atoms with Gasteiger partial charge in [-0.25, -0.2) is 9.80 Å². The van der Waals surface area contributed by atoms with Crippen LogP contribution >= 0.6 is 0 Å². The second-order valence-corrected chi connectivity index (χ2v) is 8.30. The zero-order valence-corrected chi connectivity index (χ0v) is 18.1. The normalized spacial score (nSPS) is 24.7. The molecule has 0 bridgehead atoms. The van der Waals surface area contributed by atoms with Gasteiger partial charge in [-0.05, 0) is 55.9 Å². The van der Waals surface area contributed by atoms with Gasteiger partial charge in [-0.3, -0.25) is 9.78 Å². The van der Waals surface area contributed by atoms with Crippen molar-refractivity contribution in [1.29, 1.82) is 0 Å². The van der Waals surface area contributed by atoms with Gasteiger partial charge in [0.15, 0.2) is 11.5 Å². The van der Waals surface area contributed by atoms with E-state index in [9.17, 15) is 9.59 Å². The molecule has 8 heteroatoms. The molecule has 0 spiro atoms. The highest BCUT2D eigenvalue weighted by Gasteiger charge is 2.43. The molecule has 1 aliphatic heterocycles. The number of amides is 3. The molecule has 3 aliphatic rings. The van der Waals surface area contributed by atoms with Gasteiger partial charge in [0.1, 0.15) is 0 Å². The Kier molecular flexibility index (Phi) is 6.56. The van der Waals surface area contributed by atoms with E-state index in [0.29, 0.717) is 6.54 Å². The van der Waals surface area contributed by atoms with Crippen molar-refractivity contribution in [2.75, 3.05) is 14.2 Å². The monoisotopic (exact) mass is 426 g/mol. The lowest BCUT2D eigenvalue weighted by molar-refractivity contribution is -0.131. The number of imide groups is 1. The molecule has 166 valence electrons. The van der Waals surface area contributed by atoms with Gasteiger partial charge in [-0.1, -0.05) is 6.07 Å². The second-order valence-electron chi connectivity index (χ2n) is 8.30. The number of hydrogen-bond acceptors (Lipinski definition) is 6. The van der Waals surface area contributed by atoms with Gasteiger partial charge in [-0.2, -0.15) is 5.01 Å². The highest BCUT2D eigenvalue weighted by Crippen LogP contribution is 2.35. The molecule has 3 amide bonds. The van der Waals surface area contributed by atoms with Crippen molar-refractivity contribution >= 4 is 11.9 Å². The van der Waals surface area contributed by atoms with Crippen LogP contribution in [0.4, 0.5) is 4.79 Å². The van der Waals surface area contributed by atoms with Crippen molar-refractivity contribution < 1.29 is 19.1 Å². The zero-order valence-electron chi connectivity index (χ0n) is 18.1. The summed E-state index contributed by atoms with van der Waals surface area (Å²) in [5.74, 6) is 1.36. The van der Waals surface area contributed by atoms with Crippen LogP contribution in [-0.2, 0) is 20.8 Å². The number of nitrogens with one attached hydrogen (secondary N) is 1. The maximum absolute atomic E-state index is 12.7. The number of allylic oxidation sites excluding steroid dienone is 1. The first-order chi connectivity index (χ1) is 15.1. The lowest BCUT2D eigenvalue weighted by atomic mass is 9.90. The maximum atomic E-state index is 12.7. The van der Waals surface area contributed by atoms with E-state index in [1.807, 2.05) is 18.2 Å². The number of rotatable bonds is 6. The first-order valence-electron chi connectivity index (χ1n) is 10.9. The van der Waals surface area contributed by atoms with E-state index >= 15 is 0 Å². The van der Waals surface area contributed by atoms with E-state index in [-0.39, 0.29) is 30.4 Å². The lowest BCUT2D eigenvalue weighted by Gasteiger charge is -2.32. The largest absolute Gasteiger partial charge is 0.493 e. The highest BCUT2D eigenvalue weighted by molar-refractivity contribution is 5.95. The van der Waals surface area contributed by atoms with Crippen molar-refractivity contribution in [1.82, 2.24) is 20.3 Å². The predicted molar refractivity (Wildman–Crippen MR) is 114 cm³/mol. The number of nitrogens with zero attached hydrogens (tertiary/aromatic N) is 3. The summed E-state index contributed by atoms with van der Waals surface area (Å²) in [7, 11) is 3.44. The number of carbonyl (C=O) groups is 2. The van der Waals surface area contributed by atoms with Crippen molar-refractivity contribution in [3.05, 3.63) is 53.8 Å². The van der Waals surface area contributed by atoms with Crippen LogP contribution in [0.15, 0.2) is 48.2 Å². The first kappa shape index (κ1) is 21.4. The molecule has 31 heavy (non-hydrogen) atoms. The van der Waals surface area contributed by atoms with E-state index in [4.69, 9.17) is 9.47 Å². The molecule has 2 aliphatic carbocycles. The predicted octanol–water partition coefficient (Wildman–Crippen LogP) is 3.13. The van der Waals surface area contributed by atoms with Crippen molar-refractivity contribution in [3.63, 3.8) is 0 Å². The van der Waals surface area contributed by atoms with Crippen LogP contribution in [0.25, 0.3) is 0 Å². The van der Waals surface area contributed by atoms with E-state index in [2.05, 4.69) is 16.4 Å². The fourth-order valence-electron chi connectivity index (χ4n) is 4.59. The lowest BCUT2D eigenvalue weighted by Crippen LogP contribution is -2.49. The molecular formula is C23H30N4O4. The maximum Gasteiger partial charge on any atom is 0.339 e. The average molecular weight is 427 g/mol. The Morgan fingerprint density at radius 3 is 2.81 bits per heavy atom. The highest BCUT2D eigenvalue weighted by atomic mass is 16.5. The molecule has 4 rings (SSSR count). The van der Waals surface area contributed by atoms with Gasteiger partial charge >= 0.3 is 6.03 Å². The molecule has 2 fully saturated rings. The van der Waals surface area contributed by atoms with E-state index < -0.39 is 6.03 Å². The number of hydrazine groups is 1.